The number of aryl methyl sites for hydroxylation is 1. The molecule has 2 aromatic heterocycles. The highest BCUT2D eigenvalue weighted by atomic mass is 35.5. The van der Waals surface area contributed by atoms with Crippen molar-refractivity contribution in [2.45, 2.75) is 6.92 Å². The van der Waals surface area contributed by atoms with Crippen LogP contribution in [0.3, 0.4) is 0 Å². The van der Waals surface area contributed by atoms with Gasteiger partial charge in [0.05, 0.1) is 16.9 Å². The third-order valence-corrected chi connectivity index (χ3v) is 3.07. The lowest BCUT2D eigenvalue weighted by Gasteiger charge is -2.09. The number of hydrogen-bond acceptors (Lipinski definition) is 2. The Morgan fingerprint density at radius 2 is 1.94 bits per heavy atom. The fraction of sp³-hybridized carbons (Fsp3) is 0.0769. The van der Waals surface area contributed by atoms with Crippen molar-refractivity contribution >= 4 is 17.1 Å². The molecule has 3 rings (SSSR count). The van der Waals surface area contributed by atoms with Crippen molar-refractivity contribution in [1.29, 1.82) is 0 Å². The summed E-state index contributed by atoms with van der Waals surface area (Å²) in [7, 11) is 0. The maximum Gasteiger partial charge on any atom is 0.106 e. The van der Waals surface area contributed by atoms with Gasteiger partial charge < -0.3 is 0 Å². The van der Waals surface area contributed by atoms with E-state index in [2.05, 4.69) is 22.4 Å². The first-order valence-electron chi connectivity index (χ1n) is 5.32. The standard InChI is InChI=1S/C13H10ClN3/c1-9-7-11(14)12-8-15-16-17(12)13(9)10-5-3-2-4-6-10/h2-8H,1H3. The molecule has 0 aliphatic rings. The molecule has 0 saturated heterocycles. The second-order valence-electron chi connectivity index (χ2n) is 3.92. The Kier molecular flexibility index (Phi) is 2.34. The summed E-state index contributed by atoms with van der Waals surface area (Å²) in [5.41, 5.74) is 4.05. The smallest absolute Gasteiger partial charge is 0.106 e. The number of aromatic nitrogens is 3. The predicted molar refractivity (Wildman–Crippen MR) is 68.2 cm³/mol. The third-order valence-electron chi connectivity index (χ3n) is 2.77. The van der Waals surface area contributed by atoms with E-state index in [0.29, 0.717) is 5.02 Å². The maximum atomic E-state index is 6.16. The molecule has 3 nitrogen and oxygen atoms in total. The SMILES string of the molecule is Cc1cc(Cl)c2cnnn2c1-c1ccccc1. The van der Waals surface area contributed by atoms with Gasteiger partial charge in [-0.3, -0.25) is 0 Å². The number of hydrogen-bond donors (Lipinski definition) is 0. The molecule has 0 unspecified atom stereocenters. The molecule has 0 radical (unpaired) electrons. The quantitative estimate of drug-likeness (QED) is 0.656. The van der Waals surface area contributed by atoms with Crippen LogP contribution in [0.2, 0.25) is 5.02 Å². The number of halogens is 1. The molecular weight excluding hydrogens is 234 g/mol. The highest BCUT2D eigenvalue weighted by molar-refractivity contribution is 6.33. The van der Waals surface area contributed by atoms with Crippen LogP contribution in [-0.2, 0) is 0 Å². The van der Waals surface area contributed by atoms with Gasteiger partial charge in [0.25, 0.3) is 0 Å². The summed E-state index contributed by atoms with van der Waals surface area (Å²) in [4.78, 5) is 0. The van der Waals surface area contributed by atoms with Gasteiger partial charge in [-0.2, -0.15) is 0 Å². The molecule has 4 heteroatoms. The molecule has 0 aliphatic carbocycles. The van der Waals surface area contributed by atoms with Gasteiger partial charge in [-0.05, 0) is 18.6 Å². The Labute approximate surface area is 104 Å². The summed E-state index contributed by atoms with van der Waals surface area (Å²) in [6.07, 6.45) is 1.67. The van der Waals surface area contributed by atoms with Crippen LogP contribution >= 0.6 is 11.6 Å². The third kappa shape index (κ3) is 1.59. The molecule has 0 bridgehead atoms. The Hall–Kier alpha value is -1.87. The minimum Gasteiger partial charge on any atom is -0.211 e. The largest absolute Gasteiger partial charge is 0.211 e. The van der Waals surface area contributed by atoms with Crippen LogP contribution in [0.4, 0.5) is 0 Å². The van der Waals surface area contributed by atoms with Crippen molar-refractivity contribution in [2.75, 3.05) is 0 Å². The van der Waals surface area contributed by atoms with Gasteiger partial charge in [0.1, 0.15) is 5.52 Å². The summed E-state index contributed by atoms with van der Waals surface area (Å²) in [6, 6.07) is 12.1. The normalized spacial score (nSPS) is 10.9. The number of fused-ring (bicyclic) bond motifs is 1. The Balaban J connectivity index is 2.40. The maximum absolute atomic E-state index is 6.16. The highest BCUT2D eigenvalue weighted by Crippen LogP contribution is 2.28. The highest BCUT2D eigenvalue weighted by Gasteiger charge is 2.11. The first kappa shape index (κ1) is 10.3. The summed E-state index contributed by atoms with van der Waals surface area (Å²) in [6.45, 7) is 2.02. The molecule has 0 N–H and O–H groups in total. The number of rotatable bonds is 1. The van der Waals surface area contributed by atoms with E-state index < -0.39 is 0 Å². The molecule has 0 amide bonds. The van der Waals surface area contributed by atoms with Gasteiger partial charge in [-0.25, -0.2) is 4.52 Å². The fourth-order valence-corrected chi connectivity index (χ4v) is 2.30. The monoisotopic (exact) mass is 243 g/mol. The molecule has 2 heterocycles. The van der Waals surface area contributed by atoms with Crippen molar-refractivity contribution in [3.63, 3.8) is 0 Å². The molecule has 1 aromatic carbocycles. The predicted octanol–water partition coefficient (Wildman–Crippen LogP) is 3.36. The zero-order valence-electron chi connectivity index (χ0n) is 9.26. The lowest BCUT2D eigenvalue weighted by atomic mass is 10.1. The van der Waals surface area contributed by atoms with E-state index >= 15 is 0 Å². The molecule has 0 spiro atoms. The average Bonchev–Trinajstić information content (AvgIpc) is 2.79. The summed E-state index contributed by atoms with van der Waals surface area (Å²) in [5, 5.41) is 8.69. The van der Waals surface area contributed by atoms with Gasteiger partial charge in [0.15, 0.2) is 0 Å². The van der Waals surface area contributed by atoms with E-state index in [1.54, 1.807) is 10.7 Å². The van der Waals surface area contributed by atoms with E-state index in [-0.39, 0.29) is 0 Å². The summed E-state index contributed by atoms with van der Waals surface area (Å²) < 4.78 is 1.78. The zero-order chi connectivity index (χ0) is 11.8. The molecule has 0 saturated carbocycles. The molecule has 0 aliphatic heterocycles. The number of pyridine rings is 1. The Morgan fingerprint density at radius 1 is 1.18 bits per heavy atom. The second kappa shape index (κ2) is 3.86. The van der Waals surface area contributed by atoms with Crippen molar-refractivity contribution in [3.8, 4) is 11.3 Å². The van der Waals surface area contributed by atoms with Gasteiger partial charge in [0.2, 0.25) is 0 Å². The van der Waals surface area contributed by atoms with Gasteiger partial charge in [-0.15, -0.1) is 5.10 Å². The van der Waals surface area contributed by atoms with Crippen LogP contribution in [0.15, 0.2) is 42.6 Å². The van der Waals surface area contributed by atoms with Gasteiger partial charge in [0, 0.05) is 5.56 Å². The fourth-order valence-electron chi connectivity index (χ4n) is 2.01. The van der Waals surface area contributed by atoms with Crippen LogP contribution in [0.25, 0.3) is 16.8 Å². The molecular formula is C13H10ClN3. The van der Waals surface area contributed by atoms with E-state index in [9.17, 15) is 0 Å². The van der Waals surface area contributed by atoms with Crippen molar-refractivity contribution in [1.82, 2.24) is 14.8 Å². The molecule has 3 aromatic rings. The Morgan fingerprint density at radius 3 is 2.71 bits per heavy atom. The minimum atomic E-state index is 0.673. The Bertz CT molecular complexity index is 674. The molecule has 17 heavy (non-hydrogen) atoms. The van der Waals surface area contributed by atoms with Crippen LogP contribution < -0.4 is 0 Å². The van der Waals surface area contributed by atoms with Crippen molar-refractivity contribution in [3.05, 3.63) is 53.2 Å². The van der Waals surface area contributed by atoms with Gasteiger partial charge >= 0.3 is 0 Å². The minimum absolute atomic E-state index is 0.673. The van der Waals surface area contributed by atoms with E-state index in [1.807, 2.05) is 31.2 Å². The van der Waals surface area contributed by atoms with E-state index in [0.717, 1.165) is 22.3 Å². The average molecular weight is 244 g/mol. The zero-order valence-corrected chi connectivity index (χ0v) is 10.0. The van der Waals surface area contributed by atoms with Crippen LogP contribution in [-0.4, -0.2) is 14.8 Å². The molecule has 0 atom stereocenters. The molecule has 84 valence electrons. The lowest BCUT2D eigenvalue weighted by molar-refractivity contribution is 0.858. The van der Waals surface area contributed by atoms with Crippen LogP contribution in [0.1, 0.15) is 5.56 Å². The topological polar surface area (TPSA) is 30.2 Å². The van der Waals surface area contributed by atoms with Crippen molar-refractivity contribution < 1.29 is 0 Å². The van der Waals surface area contributed by atoms with E-state index in [1.165, 1.54) is 0 Å². The van der Waals surface area contributed by atoms with Crippen LogP contribution in [0, 0.1) is 6.92 Å². The molecule has 0 fully saturated rings. The summed E-state index contributed by atoms with van der Waals surface area (Å²) >= 11 is 6.16. The van der Waals surface area contributed by atoms with Crippen molar-refractivity contribution in [2.24, 2.45) is 0 Å². The first-order chi connectivity index (χ1) is 8.27. The second-order valence-corrected chi connectivity index (χ2v) is 4.33. The van der Waals surface area contributed by atoms with Gasteiger partial charge in [-0.1, -0.05) is 47.1 Å². The number of nitrogens with zero attached hydrogens (tertiary/aromatic N) is 3. The van der Waals surface area contributed by atoms with Crippen LogP contribution in [0.5, 0.6) is 0 Å². The summed E-state index contributed by atoms with van der Waals surface area (Å²) in [5.74, 6) is 0. The number of benzene rings is 1. The lowest BCUT2D eigenvalue weighted by Crippen LogP contribution is -1.97. The first-order valence-corrected chi connectivity index (χ1v) is 5.70. The van der Waals surface area contributed by atoms with E-state index in [4.69, 9.17) is 11.6 Å².